The molecule has 0 fully saturated rings. The van der Waals surface area contributed by atoms with Crippen molar-refractivity contribution in [1.29, 1.82) is 21.0 Å². The van der Waals surface area contributed by atoms with Crippen molar-refractivity contribution < 1.29 is 18.3 Å². The summed E-state index contributed by atoms with van der Waals surface area (Å²) in [5.74, 6) is 3.05. The van der Waals surface area contributed by atoms with Gasteiger partial charge in [0.25, 0.3) is 0 Å². The van der Waals surface area contributed by atoms with E-state index in [2.05, 4.69) is 0 Å². The van der Waals surface area contributed by atoms with E-state index in [4.69, 9.17) is 39.4 Å². The zero-order chi connectivity index (χ0) is 23.2. The minimum absolute atomic E-state index is 0.00938. The lowest BCUT2D eigenvalue weighted by atomic mass is 10.2. The molecule has 0 atom stereocenters. The smallest absolute Gasteiger partial charge is 0.183 e. The van der Waals surface area contributed by atoms with E-state index in [0.29, 0.717) is 57.5 Å². The molecule has 1 aliphatic heterocycles. The summed E-state index contributed by atoms with van der Waals surface area (Å²) in [5, 5.41) is 35.5. The number of rotatable bonds is 5. The molecule has 0 amide bonds. The Balaban J connectivity index is 1.69. The maximum atomic E-state index is 8.94. The quantitative estimate of drug-likeness (QED) is 0.367. The summed E-state index contributed by atoms with van der Waals surface area (Å²) in [6.45, 7) is 0.772. The van der Waals surface area contributed by atoms with Crippen LogP contribution in [0.1, 0.15) is 11.5 Å². The van der Waals surface area contributed by atoms with Crippen LogP contribution in [-0.4, -0.2) is 13.2 Å². The van der Waals surface area contributed by atoms with Crippen LogP contribution in [0.25, 0.3) is 33.4 Å². The monoisotopic (exact) mass is 452 g/mol. The third kappa shape index (κ3) is 4.40. The van der Waals surface area contributed by atoms with E-state index in [-0.39, 0.29) is 11.1 Å². The first-order valence-electron chi connectivity index (χ1n) is 9.50. The van der Waals surface area contributed by atoms with Crippen LogP contribution in [0.4, 0.5) is 0 Å². The summed E-state index contributed by atoms with van der Waals surface area (Å²) in [5.41, 5.74) is -0.0723. The normalized spacial score (nSPS) is 11.6. The second-order valence-electron chi connectivity index (χ2n) is 6.46. The van der Waals surface area contributed by atoms with Crippen molar-refractivity contribution in [3.63, 3.8) is 0 Å². The van der Waals surface area contributed by atoms with Gasteiger partial charge in [0.1, 0.15) is 81.4 Å². The number of thiophene rings is 1. The van der Waals surface area contributed by atoms with Gasteiger partial charge in [-0.3, -0.25) is 0 Å². The van der Waals surface area contributed by atoms with Gasteiger partial charge >= 0.3 is 0 Å². The largest absolute Gasteiger partial charge is 0.484 e. The van der Waals surface area contributed by atoms with Gasteiger partial charge in [-0.05, 0) is 36.4 Å². The standard InChI is InChI=1S/C24H12N4O4S/c25-11-15(12-26)2-1-3-17-4-6-19(31-17)23-21-22(30-9-8-29-21)24(33-23)20-7-5-18(32-20)10-16(13-27)14-28/h1-7,10H,8-9H2/b3-1+. The van der Waals surface area contributed by atoms with Gasteiger partial charge in [-0.1, -0.05) is 6.08 Å². The Hall–Kier alpha value is -4.96. The summed E-state index contributed by atoms with van der Waals surface area (Å²) < 4.78 is 23.4. The van der Waals surface area contributed by atoms with Crippen LogP contribution in [0.5, 0.6) is 11.5 Å². The Bertz CT molecular complexity index is 1440. The molecule has 1 aliphatic rings. The molecule has 4 heterocycles. The first kappa shape index (κ1) is 21.3. The van der Waals surface area contributed by atoms with Crippen LogP contribution in [-0.2, 0) is 0 Å². The molecule has 0 aromatic carbocycles. The van der Waals surface area contributed by atoms with E-state index in [1.54, 1.807) is 60.7 Å². The molecule has 0 radical (unpaired) electrons. The number of fused-ring (bicyclic) bond motifs is 1. The van der Waals surface area contributed by atoms with Crippen molar-refractivity contribution in [3.05, 3.63) is 59.1 Å². The van der Waals surface area contributed by atoms with E-state index < -0.39 is 0 Å². The number of nitrogens with zero attached hydrogens (tertiary/aromatic N) is 4. The molecule has 9 heteroatoms. The van der Waals surface area contributed by atoms with Crippen molar-refractivity contribution in [2.24, 2.45) is 0 Å². The van der Waals surface area contributed by atoms with Crippen LogP contribution in [0.15, 0.2) is 56.4 Å². The summed E-state index contributed by atoms with van der Waals surface area (Å²) in [6.07, 6.45) is 5.97. The second kappa shape index (κ2) is 9.45. The first-order chi connectivity index (χ1) is 16.2. The topological polar surface area (TPSA) is 140 Å². The van der Waals surface area contributed by atoms with Gasteiger partial charge in [0, 0.05) is 6.08 Å². The molecular weight excluding hydrogens is 440 g/mol. The molecule has 158 valence electrons. The third-order valence-corrected chi connectivity index (χ3v) is 5.57. The summed E-state index contributed by atoms with van der Waals surface area (Å²) in [7, 11) is 0. The van der Waals surface area contributed by atoms with E-state index in [1.165, 1.54) is 23.5 Å². The van der Waals surface area contributed by atoms with Gasteiger partial charge < -0.3 is 18.3 Å². The highest BCUT2D eigenvalue weighted by atomic mass is 32.1. The second-order valence-corrected chi connectivity index (χ2v) is 7.48. The Morgan fingerprint density at radius 1 is 0.758 bits per heavy atom. The van der Waals surface area contributed by atoms with Crippen molar-refractivity contribution >= 4 is 23.5 Å². The van der Waals surface area contributed by atoms with Crippen molar-refractivity contribution in [3.8, 4) is 57.1 Å². The summed E-state index contributed by atoms with van der Waals surface area (Å²) in [4.78, 5) is 1.41. The van der Waals surface area contributed by atoms with Gasteiger partial charge in [0.2, 0.25) is 0 Å². The van der Waals surface area contributed by atoms with E-state index >= 15 is 0 Å². The lowest BCUT2D eigenvalue weighted by molar-refractivity contribution is 0.174. The van der Waals surface area contributed by atoms with Crippen molar-refractivity contribution in [1.82, 2.24) is 0 Å². The molecule has 3 aromatic rings. The Kier molecular flexibility index (Phi) is 6.10. The lowest BCUT2D eigenvalue weighted by Gasteiger charge is -2.16. The van der Waals surface area contributed by atoms with Gasteiger partial charge in [-0.25, -0.2) is 0 Å². The summed E-state index contributed by atoms with van der Waals surface area (Å²) >= 11 is 1.36. The van der Waals surface area contributed by atoms with E-state index in [1.807, 2.05) is 0 Å². The van der Waals surface area contributed by atoms with Gasteiger partial charge in [0.05, 0.1) is 0 Å². The highest BCUT2D eigenvalue weighted by Gasteiger charge is 2.29. The predicted octanol–water partition coefficient (Wildman–Crippen LogP) is 5.46. The number of ether oxygens (including phenoxy) is 2. The number of furan rings is 2. The lowest BCUT2D eigenvalue weighted by Crippen LogP contribution is -2.14. The number of hydrogen-bond acceptors (Lipinski definition) is 9. The number of nitriles is 4. The zero-order valence-electron chi connectivity index (χ0n) is 16.9. The SMILES string of the molecule is N#CC(C#N)=C/C=C/c1ccc(-c2sc(-c3ccc(C=C(C#N)C#N)o3)c3c2OCCO3)o1. The van der Waals surface area contributed by atoms with Crippen LogP contribution >= 0.6 is 11.3 Å². The van der Waals surface area contributed by atoms with Crippen LogP contribution in [0.2, 0.25) is 0 Å². The average Bonchev–Trinajstić information content (AvgIpc) is 3.58. The van der Waals surface area contributed by atoms with Gasteiger partial charge in [-0.2, -0.15) is 21.0 Å². The highest BCUT2D eigenvalue weighted by Crippen LogP contribution is 2.54. The molecular formula is C24H12N4O4S. The third-order valence-electron chi connectivity index (χ3n) is 4.39. The van der Waals surface area contributed by atoms with E-state index in [9.17, 15) is 0 Å². The van der Waals surface area contributed by atoms with Crippen molar-refractivity contribution in [2.75, 3.05) is 13.2 Å². The number of allylic oxidation sites excluding steroid dienone is 4. The van der Waals surface area contributed by atoms with Gasteiger partial charge in [-0.15, -0.1) is 11.3 Å². The van der Waals surface area contributed by atoms with Crippen LogP contribution in [0, 0.1) is 45.3 Å². The molecule has 0 aliphatic carbocycles. The van der Waals surface area contributed by atoms with E-state index in [0.717, 1.165) is 0 Å². The Morgan fingerprint density at radius 2 is 1.30 bits per heavy atom. The van der Waals surface area contributed by atoms with Crippen molar-refractivity contribution in [2.45, 2.75) is 0 Å². The fourth-order valence-corrected chi connectivity index (χ4v) is 4.08. The molecule has 0 spiro atoms. The Morgan fingerprint density at radius 3 is 1.88 bits per heavy atom. The molecule has 3 aromatic heterocycles. The molecule has 33 heavy (non-hydrogen) atoms. The molecule has 0 N–H and O–H groups in total. The minimum Gasteiger partial charge on any atom is -0.484 e. The van der Waals surface area contributed by atoms with Crippen LogP contribution in [0.3, 0.4) is 0 Å². The average molecular weight is 452 g/mol. The molecule has 0 unspecified atom stereocenters. The molecule has 0 saturated heterocycles. The fourth-order valence-electron chi connectivity index (χ4n) is 2.96. The zero-order valence-corrected chi connectivity index (χ0v) is 17.7. The summed E-state index contributed by atoms with van der Waals surface area (Å²) in [6, 6.07) is 14.1. The first-order valence-corrected chi connectivity index (χ1v) is 10.3. The highest BCUT2D eigenvalue weighted by molar-refractivity contribution is 7.19. The predicted molar refractivity (Wildman–Crippen MR) is 118 cm³/mol. The molecule has 0 bridgehead atoms. The molecule has 4 rings (SSSR count). The minimum atomic E-state index is -0.0629. The maximum Gasteiger partial charge on any atom is 0.183 e. The number of hydrogen-bond donors (Lipinski definition) is 0. The van der Waals surface area contributed by atoms with Gasteiger partial charge in [0.15, 0.2) is 11.5 Å². The fraction of sp³-hybridized carbons (Fsp3) is 0.0833. The molecule has 8 nitrogen and oxygen atoms in total. The van der Waals surface area contributed by atoms with Crippen LogP contribution < -0.4 is 9.47 Å². The maximum absolute atomic E-state index is 8.94. The Labute approximate surface area is 192 Å². The molecule has 0 saturated carbocycles.